The van der Waals surface area contributed by atoms with Gasteiger partial charge in [0.15, 0.2) is 6.10 Å². The SMILES string of the molecule is CCCCCCCCCCCCCCCCCC(=O)OC[C@@H](COP(=O)(O)OC[C@@H](N)C(=O)O)OC(=O)CCCCCCCCCCC. The van der Waals surface area contributed by atoms with Crippen molar-refractivity contribution in [2.75, 3.05) is 19.8 Å². The molecule has 1 unspecified atom stereocenters. The number of rotatable bonds is 36. The summed E-state index contributed by atoms with van der Waals surface area (Å²) in [4.78, 5) is 45.6. The monoisotopic (exact) mass is 707 g/mol. The maximum atomic E-state index is 12.5. The Morgan fingerprint density at radius 2 is 0.917 bits per heavy atom. The van der Waals surface area contributed by atoms with E-state index in [9.17, 15) is 23.8 Å². The lowest BCUT2D eigenvalue weighted by Gasteiger charge is -2.20. The summed E-state index contributed by atoms with van der Waals surface area (Å²) in [5.74, 6) is -2.37. The highest BCUT2D eigenvalue weighted by Crippen LogP contribution is 2.43. The fraction of sp³-hybridized carbons (Fsp3) is 0.917. The Hall–Kier alpha value is -1.52. The zero-order valence-corrected chi connectivity index (χ0v) is 31.2. The summed E-state index contributed by atoms with van der Waals surface area (Å²) in [7, 11) is -4.70. The maximum Gasteiger partial charge on any atom is 0.472 e. The van der Waals surface area contributed by atoms with Crippen molar-refractivity contribution in [2.45, 2.75) is 193 Å². The Morgan fingerprint density at radius 3 is 1.31 bits per heavy atom. The summed E-state index contributed by atoms with van der Waals surface area (Å²) >= 11 is 0. The van der Waals surface area contributed by atoms with E-state index in [1.165, 1.54) is 103 Å². The van der Waals surface area contributed by atoms with E-state index in [2.05, 4.69) is 18.4 Å². The van der Waals surface area contributed by atoms with E-state index >= 15 is 0 Å². The van der Waals surface area contributed by atoms with Gasteiger partial charge in [-0.05, 0) is 12.8 Å². The topological polar surface area (TPSA) is 172 Å². The maximum absolute atomic E-state index is 12.5. The average Bonchev–Trinajstić information content (AvgIpc) is 3.05. The van der Waals surface area contributed by atoms with E-state index < -0.39 is 51.1 Å². The molecule has 0 radical (unpaired) electrons. The van der Waals surface area contributed by atoms with E-state index in [1.807, 2.05) is 0 Å². The Labute approximate surface area is 291 Å². The standard InChI is InChI=1S/C36H70NO10P/c1-3-5-7-9-11-13-14-15-16-17-18-20-21-23-25-27-34(38)44-29-32(30-45-48(42,43)46-31-33(37)36(40)41)47-35(39)28-26-24-22-19-12-10-8-6-4-2/h32-33H,3-31,37H2,1-2H3,(H,40,41)(H,42,43)/t32-,33+/m0/s1. The number of phosphoric ester groups is 1. The molecule has 284 valence electrons. The highest BCUT2D eigenvalue weighted by molar-refractivity contribution is 7.47. The van der Waals surface area contributed by atoms with Gasteiger partial charge in [0.1, 0.15) is 12.6 Å². The van der Waals surface area contributed by atoms with Gasteiger partial charge < -0.3 is 25.2 Å². The average molecular weight is 708 g/mol. The van der Waals surface area contributed by atoms with Crippen LogP contribution in [0.1, 0.15) is 181 Å². The van der Waals surface area contributed by atoms with E-state index in [0.717, 1.165) is 38.5 Å². The second-order valence-electron chi connectivity index (χ2n) is 13.1. The van der Waals surface area contributed by atoms with Crippen molar-refractivity contribution < 1.29 is 47.5 Å². The molecule has 0 aliphatic rings. The van der Waals surface area contributed by atoms with Crippen LogP contribution in [-0.4, -0.2) is 59.9 Å². The molecule has 0 fully saturated rings. The summed E-state index contributed by atoms with van der Waals surface area (Å²) < 4.78 is 32.5. The quantitative estimate of drug-likeness (QED) is 0.0322. The molecule has 0 saturated carbocycles. The first-order chi connectivity index (χ1) is 23.1. The molecule has 0 heterocycles. The molecular weight excluding hydrogens is 637 g/mol. The molecule has 4 N–H and O–H groups in total. The van der Waals surface area contributed by atoms with Crippen LogP contribution in [0, 0.1) is 0 Å². The van der Waals surface area contributed by atoms with Gasteiger partial charge in [-0.15, -0.1) is 0 Å². The molecule has 0 aliphatic heterocycles. The number of carboxylic acid groups (broad SMARTS) is 1. The fourth-order valence-corrected chi connectivity index (χ4v) is 6.08. The molecule has 0 aliphatic carbocycles. The first-order valence-electron chi connectivity index (χ1n) is 19.1. The van der Waals surface area contributed by atoms with Crippen LogP contribution in [0.3, 0.4) is 0 Å². The smallest absolute Gasteiger partial charge is 0.472 e. The number of nitrogens with two attached hydrogens (primary N) is 1. The first kappa shape index (κ1) is 46.5. The summed E-state index contributed by atoms with van der Waals surface area (Å²) in [5, 5.41) is 8.84. The first-order valence-corrected chi connectivity index (χ1v) is 20.6. The van der Waals surface area contributed by atoms with E-state index in [-0.39, 0.29) is 19.4 Å². The molecule has 0 amide bonds. The number of phosphoric acid groups is 1. The second kappa shape index (κ2) is 32.7. The fourth-order valence-electron chi connectivity index (χ4n) is 5.30. The third kappa shape index (κ3) is 31.7. The lowest BCUT2D eigenvalue weighted by atomic mass is 10.0. The van der Waals surface area contributed by atoms with E-state index in [1.54, 1.807) is 0 Å². The van der Waals surface area contributed by atoms with Crippen molar-refractivity contribution in [2.24, 2.45) is 5.73 Å². The van der Waals surface area contributed by atoms with Gasteiger partial charge in [-0.3, -0.25) is 23.4 Å². The van der Waals surface area contributed by atoms with Gasteiger partial charge in [0, 0.05) is 12.8 Å². The summed E-state index contributed by atoms with van der Waals surface area (Å²) in [6, 6.07) is -1.51. The zero-order valence-electron chi connectivity index (χ0n) is 30.3. The number of aliphatic carboxylic acids is 1. The van der Waals surface area contributed by atoms with Crippen LogP contribution in [0.4, 0.5) is 0 Å². The molecular formula is C36H70NO10P. The number of hydrogen-bond acceptors (Lipinski definition) is 9. The number of hydrogen-bond donors (Lipinski definition) is 3. The number of unbranched alkanes of at least 4 members (excludes halogenated alkanes) is 22. The lowest BCUT2D eigenvalue weighted by Crippen LogP contribution is -2.34. The minimum Gasteiger partial charge on any atom is -0.480 e. The molecule has 11 nitrogen and oxygen atoms in total. The van der Waals surface area contributed by atoms with Crippen molar-refractivity contribution >= 4 is 25.7 Å². The summed E-state index contributed by atoms with van der Waals surface area (Å²) in [6.45, 7) is 2.77. The van der Waals surface area contributed by atoms with Crippen LogP contribution in [0.5, 0.6) is 0 Å². The van der Waals surface area contributed by atoms with E-state index in [4.69, 9.17) is 24.8 Å². The van der Waals surface area contributed by atoms with Crippen LogP contribution in [0.15, 0.2) is 0 Å². The van der Waals surface area contributed by atoms with Crippen molar-refractivity contribution in [1.29, 1.82) is 0 Å². The third-order valence-corrected chi connectivity index (χ3v) is 9.31. The van der Waals surface area contributed by atoms with Crippen LogP contribution in [0.25, 0.3) is 0 Å². The number of carbonyl (C=O) groups excluding carboxylic acids is 2. The summed E-state index contributed by atoms with van der Waals surface area (Å²) in [6.07, 6.45) is 27.5. The van der Waals surface area contributed by atoms with Crippen molar-refractivity contribution in [1.82, 2.24) is 0 Å². The van der Waals surface area contributed by atoms with Crippen molar-refractivity contribution in [3.05, 3.63) is 0 Å². The minimum absolute atomic E-state index is 0.167. The van der Waals surface area contributed by atoms with Gasteiger partial charge >= 0.3 is 25.7 Å². The van der Waals surface area contributed by atoms with Gasteiger partial charge in [-0.1, -0.05) is 155 Å². The Kier molecular flexibility index (Phi) is 31.6. The zero-order chi connectivity index (χ0) is 35.7. The Balaban J connectivity index is 4.35. The molecule has 48 heavy (non-hydrogen) atoms. The number of esters is 2. The third-order valence-electron chi connectivity index (χ3n) is 8.36. The van der Waals surface area contributed by atoms with E-state index in [0.29, 0.717) is 12.8 Å². The largest absolute Gasteiger partial charge is 0.480 e. The normalized spacial score (nSPS) is 13.9. The molecule has 0 aromatic rings. The molecule has 0 aromatic carbocycles. The molecule has 0 bridgehead atoms. The molecule has 0 aromatic heterocycles. The predicted octanol–water partition coefficient (Wildman–Crippen LogP) is 9.17. The van der Waals surface area contributed by atoms with Gasteiger partial charge in [-0.2, -0.15) is 0 Å². The van der Waals surface area contributed by atoms with Crippen LogP contribution in [-0.2, 0) is 37.5 Å². The molecule has 0 spiro atoms. The second-order valence-corrected chi connectivity index (χ2v) is 14.5. The highest BCUT2D eigenvalue weighted by Gasteiger charge is 2.28. The van der Waals surface area contributed by atoms with Crippen LogP contribution < -0.4 is 5.73 Å². The van der Waals surface area contributed by atoms with Crippen LogP contribution >= 0.6 is 7.82 Å². The minimum atomic E-state index is -4.70. The number of ether oxygens (including phenoxy) is 2. The van der Waals surface area contributed by atoms with Gasteiger partial charge in [0.25, 0.3) is 0 Å². The predicted molar refractivity (Wildman–Crippen MR) is 190 cm³/mol. The van der Waals surface area contributed by atoms with Crippen molar-refractivity contribution in [3.63, 3.8) is 0 Å². The number of carbonyl (C=O) groups is 3. The van der Waals surface area contributed by atoms with Crippen LogP contribution in [0.2, 0.25) is 0 Å². The van der Waals surface area contributed by atoms with Gasteiger partial charge in [0.2, 0.25) is 0 Å². The number of carboxylic acids is 1. The van der Waals surface area contributed by atoms with Crippen molar-refractivity contribution in [3.8, 4) is 0 Å². The Bertz CT molecular complexity index is 844. The molecule has 0 saturated heterocycles. The van der Waals surface area contributed by atoms with Gasteiger partial charge in [-0.25, -0.2) is 4.57 Å². The van der Waals surface area contributed by atoms with Gasteiger partial charge in [0.05, 0.1) is 13.2 Å². The Morgan fingerprint density at radius 1 is 0.562 bits per heavy atom. The summed E-state index contributed by atoms with van der Waals surface area (Å²) in [5.41, 5.74) is 5.31. The molecule has 0 rings (SSSR count). The molecule has 12 heteroatoms. The lowest BCUT2D eigenvalue weighted by molar-refractivity contribution is -0.161. The highest BCUT2D eigenvalue weighted by atomic mass is 31.2. The molecule has 3 atom stereocenters.